The molecule has 3 N–H and O–H groups in total. The summed E-state index contributed by atoms with van der Waals surface area (Å²) in [5.74, 6) is 0.895. The first kappa shape index (κ1) is 9.42. The topological polar surface area (TPSA) is 54.7 Å². The molecule has 16 heavy (non-hydrogen) atoms. The van der Waals surface area contributed by atoms with Crippen molar-refractivity contribution in [2.24, 2.45) is 0 Å². The summed E-state index contributed by atoms with van der Waals surface area (Å²) in [6, 6.07) is 5.79. The third-order valence-corrected chi connectivity index (χ3v) is 3.52. The molecule has 3 nitrogen and oxygen atoms in total. The molecule has 0 aliphatic carbocycles. The second-order valence-electron chi connectivity index (χ2n) is 3.80. The molecule has 80 valence electrons. The van der Waals surface area contributed by atoms with Crippen molar-refractivity contribution < 1.29 is 0 Å². The molecule has 0 saturated carbocycles. The van der Waals surface area contributed by atoms with Crippen LogP contribution in [-0.2, 0) is 0 Å². The van der Waals surface area contributed by atoms with Crippen LogP contribution in [0.3, 0.4) is 0 Å². The molecule has 3 rings (SSSR count). The van der Waals surface area contributed by atoms with E-state index in [1.54, 1.807) is 11.3 Å². The Morgan fingerprint density at radius 2 is 2.19 bits per heavy atom. The van der Waals surface area contributed by atoms with Crippen molar-refractivity contribution in [3.05, 3.63) is 34.5 Å². The Labute approximate surface area is 96.9 Å². The molecule has 0 unspecified atom stereocenters. The first-order valence-corrected chi connectivity index (χ1v) is 5.97. The van der Waals surface area contributed by atoms with E-state index < -0.39 is 0 Å². The van der Waals surface area contributed by atoms with Gasteiger partial charge in [0.15, 0.2) is 0 Å². The highest BCUT2D eigenvalue weighted by Crippen LogP contribution is 2.28. The molecule has 0 amide bonds. The van der Waals surface area contributed by atoms with Crippen molar-refractivity contribution in [2.75, 3.05) is 5.73 Å². The number of fused-ring (bicyclic) bond motifs is 1. The van der Waals surface area contributed by atoms with Crippen molar-refractivity contribution >= 4 is 28.1 Å². The van der Waals surface area contributed by atoms with Gasteiger partial charge in [-0.15, -0.1) is 0 Å². The second-order valence-corrected chi connectivity index (χ2v) is 4.54. The van der Waals surface area contributed by atoms with E-state index in [2.05, 4.69) is 27.7 Å². The zero-order valence-electron chi connectivity index (χ0n) is 8.82. The van der Waals surface area contributed by atoms with Gasteiger partial charge in [0.1, 0.15) is 11.3 Å². The SMILES string of the molecule is Cc1cscc1-c1nc2c(N)cccc2[nH]1. The van der Waals surface area contributed by atoms with Crippen molar-refractivity contribution in [3.63, 3.8) is 0 Å². The Kier molecular flexibility index (Phi) is 1.97. The molecule has 0 bridgehead atoms. The number of aromatic amines is 1. The van der Waals surface area contributed by atoms with E-state index in [0.29, 0.717) is 5.69 Å². The molecule has 0 radical (unpaired) electrons. The third kappa shape index (κ3) is 1.31. The van der Waals surface area contributed by atoms with Gasteiger partial charge in [-0.1, -0.05) is 6.07 Å². The number of hydrogen-bond donors (Lipinski definition) is 2. The number of anilines is 1. The van der Waals surface area contributed by atoms with Crippen LogP contribution in [-0.4, -0.2) is 9.97 Å². The van der Waals surface area contributed by atoms with Gasteiger partial charge in [-0.05, 0) is 30.0 Å². The Hall–Kier alpha value is -1.81. The van der Waals surface area contributed by atoms with Gasteiger partial charge < -0.3 is 10.7 Å². The Balaban J connectivity index is 2.27. The van der Waals surface area contributed by atoms with Crippen molar-refractivity contribution in [1.82, 2.24) is 9.97 Å². The number of benzene rings is 1. The number of aryl methyl sites for hydroxylation is 1. The highest BCUT2D eigenvalue weighted by molar-refractivity contribution is 7.08. The maximum Gasteiger partial charge on any atom is 0.139 e. The fourth-order valence-corrected chi connectivity index (χ4v) is 2.62. The molecule has 2 aromatic heterocycles. The molecule has 2 heterocycles. The van der Waals surface area contributed by atoms with E-state index in [-0.39, 0.29) is 0 Å². The van der Waals surface area contributed by atoms with Crippen molar-refractivity contribution in [1.29, 1.82) is 0 Å². The fourth-order valence-electron chi connectivity index (χ4n) is 1.79. The van der Waals surface area contributed by atoms with Crippen LogP contribution in [0, 0.1) is 6.92 Å². The lowest BCUT2D eigenvalue weighted by atomic mass is 10.2. The number of nitrogens with zero attached hydrogens (tertiary/aromatic N) is 1. The molecule has 1 aromatic carbocycles. The van der Waals surface area contributed by atoms with Crippen LogP contribution < -0.4 is 5.73 Å². The maximum absolute atomic E-state index is 5.88. The number of imidazole rings is 1. The summed E-state index contributed by atoms with van der Waals surface area (Å²) in [6.45, 7) is 2.09. The summed E-state index contributed by atoms with van der Waals surface area (Å²) < 4.78 is 0. The molecule has 0 atom stereocenters. The minimum absolute atomic E-state index is 0.716. The minimum Gasteiger partial charge on any atom is -0.397 e. The van der Waals surface area contributed by atoms with Gasteiger partial charge in [0.05, 0.1) is 11.2 Å². The molecular formula is C12H11N3S. The summed E-state index contributed by atoms with van der Waals surface area (Å²) in [7, 11) is 0. The quantitative estimate of drug-likeness (QED) is 0.630. The normalized spacial score (nSPS) is 11.1. The van der Waals surface area contributed by atoms with Gasteiger partial charge in [-0.3, -0.25) is 0 Å². The highest BCUT2D eigenvalue weighted by atomic mass is 32.1. The molecule has 0 aliphatic heterocycles. The number of para-hydroxylation sites is 1. The zero-order chi connectivity index (χ0) is 11.1. The molecule has 0 spiro atoms. The molecule has 4 heteroatoms. The minimum atomic E-state index is 0.716. The van der Waals surface area contributed by atoms with Gasteiger partial charge in [0.25, 0.3) is 0 Å². The largest absolute Gasteiger partial charge is 0.397 e. The Bertz CT molecular complexity index is 651. The van der Waals surface area contributed by atoms with Crippen LogP contribution in [0.15, 0.2) is 29.0 Å². The van der Waals surface area contributed by atoms with Gasteiger partial charge in [-0.25, -0.2) is 4.98 Å². The average Bonchev–Trinajstić information content (AvgIpc) is 2.84. The predicted molar refractivity (Wildman–Crippen MR) is 68.6 cm³/mol. The highest BCUT2D eigenvalue weighted by Gasteiger charge is 2.09. The van der Waals surface area contributed by atoms with E-state index in [1.807, 2.05) is 18.2 Å². The second kappa shape index (κ2) is 3.35. The van der Waals surface area contributed by atoms with Crippen LogP contribution in [0.2, 0.25) is 0 Å². The van der Waals surface area contributed by atoms with Gasteiger partial charge in [-0.2, -0.15) is 11.3 Å². The first-order chi connectivity index (χ1) is 7.75. The lowest BCUT2D eigenvalue weighted by molar-refractivity contribution is 1.33. The summed E-state index contributed by atoms with van der Waals surface area (Å²) in [5, 5.41) is 4.22. The van der Waals surface area contributed by atoms with E-state index >= 15 is 0 Å². The summed E-state index contributed by atoms with van der Waals surface area (Å²) in [6.07, 6.45) is 0. The maximum atomic E-state index is 5.88. The number of H-pyrrole nitrogens is 1. The molecular weight excluding hydrogens is 218 g/mol. The fraction of sp³-hybridized carbons (Fsp3) is 0.0833. The number of thiophene rings is 1. The van der Waals surface area contributed by atoms with Crippen LogP contribution in [0.25, 0.3) is 22.4 Å². The van der Waals surface area contributed by atoms with E-state index in [1.165, 1.54) is 5.56 Å². The van der Waals surface area contributed by atoms with Crippen LogP contribution in [0.4, 0.5) is 5.69 Å². The smallest absolute Gasteiger partial charge is 0.139 e. The van der Waals surface area contributed by atoms with Crippen molar-refractivity contribution in [2.45, 2.75) is 6.92 Å². The Morgan fingerprint density at radius 1 is 1.31 bits per heavy atom. The van der Waals surface area contributed by atoms with E-state index in [4.69, 9.17) is 5.73 Å². The van der Waals surface area contributed by atoms with Gasteiger partial charge in [0, 0.05) is 10.9 Å². The summed E-state index contributed by atoms with van der Waals surface area (Å²) >= 11 is 1.68. The first-order valence-electron chi connectivity index (χ1n) is 5.03. The Morgan fingerprint density at radius 3 is 2.88 bits per heavy atom. The number of hydrogen-bond acceptors (Lipinski definition) is 3. The monoisotopic (exact) mass is 229 g/mol. The average molecular weight is 229 g/mol. The van der Waals surface area contributed by atoms with E-state index in [0.717, 1.165) is 22.4 Å². The zero-order valence-corrected chi connectivity index (χ0v) is 9.64. The van der Waals surface area contributed by atoms with Crippen LogP contribution in [0.1, 0.15) is 5.56 Å². The third-order valence-electron chi connectivity index (χ3n) is 2.65. The molecule has 3 aromatic rings. The number of aromatic nitrogens is 2. The molecule has 0 fully saturated rings. The van der Waals surface area contributed by atoms with Crippen LogP contribution >= 0.6 is 11.3 Å². The van der Waals surface area contributed by atoms with E-state index in [9.17, 15) is 0 Å². The standard InChI is InChI=1S/C12H11N3S/c1-7-5-16-6-8(7)12-14-10-4-2-3-9(13)11(10)15-12/h2-6H,13H2,1H3,(H,14,15). The summed E-state index contributed by atoms with van der Waals surface area (Å²) in [5.41, 5.74) is 10.8. The predicted octanol–water partition coefficient (Wildman–Crippen LogP) is 3.18. The van der Waals surface area contributed by atoms with Gasteiger partial charge in [0.2, 0.25) is 0 Å². The lowest BCUT2D eigenvalue weighted by Crippen LogP contribution is -1.85. The number of nitrogens with two attached hydrogens (primary N) is 1. The van der Waals surface area contributed by atoms with Gasteiger partial charge >= 0.3 is 0 Å². The number of rotatable bonds is 1. The lowest BCUT2D eigenvalue weighted by Gasteiger charge is -1.92. The molecule has 0 saturated heterocycles. The molecule has 0 aliphatic rings. The van der Waals surface area contributed by atoms with Crippen molar-refractivity contribution in [3.8, 4) is 11.4 Å². The van der Waals surface area contributed by atoms with Crippen LogP contribution in [0.5, 0.6) is 0 Å². The number of nitrogens with one attached hydrogen (secondary N) is 1. The summed E-state index contributed by atoms with van der Waals surface area (Å²) in [4.78, 5) is 7.84. The number of nitrogen functional groups attached to an aromatic ring is 1.